The van der Waals surface area contributed by atoms with E-state index in [1.807, 2.05) is 0 Å². The Bertz CT molecular complexity index is 902. The molecule has 0 spiro atoms. The van der Waals surface area contributed by atoms with E-state index in [0.717, 1.165) is 0 Å². The minimum Gasteiger partial charge on any atom is -0.465 e. The molecule has 0 saturated carbocycles. The van der Waals surface area contributed by atoms with Crippen molar-refractivity contribution in [3.8, 4) is 0 Å². The van der Waals surface area contributed by atoms with Crippen molar-refractivity contribution in [2.45, 2.75) is 6.54 Å². The molecule has 3 aromatic rings. The lowest BCUT2D eigenvalue weighted by Crippen LogP contribution is -2.07. The Labute approximate surface area is 149 Å². The number of nitrogens with zero attached hydrogens (tertiary/aromatic N) is 3. The number of ether oxygens (including phenoxy) is 1. The Balaban J connectivity index is 1.65. The van der Waals surface area contributed by atoms with E-state index in [0.29, 0.717) is 22.6 Å². The second kappa shape index (κ2) is 8.02. The van der Waals surface area contributed by atoms with Crippen LogP contribution in [0.15, 0.2) is 54.7 Å². The summed E-state index contributed by atoms with van der Waals surface area (Å²) in [7, 11) is 1.33. The molecule has 2 N–H and O–H groups in total. The van der Waals surface area contributed by atoms with Crippen molar-refractivity contribution in [1.29, 1.82) is 0 Å². The minimum atomic E-state index is -0.409. The number of carbonyl (C=O) groups excluding carboxylic acids is 1. The third-order valence-electron chi connectivity index (χ3n) is 3.54. The predicted molar refractivity (Wildman–Crippen MR) is 94.6 cm³/mol. The lowest BCUT2D eigenvalue weighted by atomic mass is 10.2. The second-order valence-electron chi connectivity index (χ2n) is 5.30. The number of rotatable bonds is 6. The summed E-state index contributed by atoms with van der Waals surface area (Å²) in [5, 5.41) is 13.8. The molecule has 7 nitrogen and oxygen atoms in total. The van der Waals surface area contributed by atoms with Gasteiger partial charge in [-0.2, -0.15) is 10.1 Å². The molecule has 26 heavy (non-hydrogen) atoms. The first kappa shape index (κ1) is 17.3. The molecule has 0 amide bonds. The first-order valence-corrected chi connectivity index (χ1v) is 7.78. The summed E-state index contributed by atoms with van der Waals surface area (Å²) in [5.41, 5.74) is 1.65. The number of aromatic nitrogens is 3. The maximum absolute atomic E-state index is 13.6. The molecule has 0 radical (unpaired) electrons. The van der Waals surface area contributed by atoms with Gasteiger partial charge in [-0.25, -0.2) is 9.18 Å². The predicted octanol–water partition coefficient (Wildman–Crippen LogP) is 3.15. The number of nitrogens with one attached hydrogen (secondary N) is 2. The van der Waals surface area contributed by atoms with Crippen LogP contribution in [-0.2, 0) is 11.3 Å². The number of halogens is 1. The Hall–Kier alpha value is -3.55. The summed E-state index contributed by atoms with van der Waals surface area (Å²) in [6.45, 7) is 0.276. The van der Waals surface area contributed by atoms with Crippen LogP contribution in [0.5, 0.6) is 0 Å². The lowest BCUT2D eigenvalue weighted by Gasteiger charge is -2.08. The van der Waals surface area contributed by atoms with Gasteiger partial charge in [-0.05, 0) is 30.3 Å². The Kier molecular flexibility index (Phi) is 5.33. The van der Waals surface area contributed by atoms with E-state index in [-0.39, 0.29) is 18.3 Å². The van der Waals surface area contributed by atoms with Gasteiger partial charge in [0.1, 0.15) is 5.82 Å². The van der Waals surface area contributed by atoms with Crippen molar-refractivity contribution in [3.63, 3.8) is 0 Å². The lowest BCUT2D eigenvalue weighted by molar-refractivity contribution is 0.0601. The van der Waals surface area contributed by atoms with Gasteiger partial charge in [0, 0.05) is 17.8 Å². The molecule has 0 bridgehead atoms. The topological polar surface area (TPSA) is 89.0 Å². The zero-order chi connectivity index (χ0) is 18.4. The van der Waals surface area contributed by atoms with Crippen LogP contribution < -0.4 is 10.6 Å². The average molecular weight is 353 g/mol. The van der Waals surface area contributed by atoms with Crippen LogP contribution in [0.25, 0.3) is 0 Å². The highest BCUT2D eigenvalue weighted by Crippen LogP contribution is 2.15. The van der Waals surface area contributed by atoms with E-state index < -0.39 is 5.97 Å². The van der Waals surface area contributed by atoms with Crippen molar-refractivity contribution < 1.29 is 13.9 Å². The van der Waals surface area contributed by atoms with Crippen molar-refractivity contribution in [3.05, 3.63) is 71.7 Å². The molecule has 1 aromatic heterocycles. The van der Waals surface area contributed by atoms with Gasteiger partial charge in [0.15, 0.2) is 5.82 Å². The van der Waals surface area contributed by atoms with E-state index in [4.69, 9.17) is 0 Å². The first-order valence-electron chi connectivity index (χ1n) is 7.78. The Morgan fingerprint density at radius 1 is 1.15 bits per heavy atom. The third kappa shape index (κ3) is 4.29. The third-order valence-corrected chi connectivity index (χ3v) is 3.54. The van der Waals surface area contributed by atoms with Crippen LogP contribution in [0, 0.1) is 5.82 Å². The van der Waals surface area contributed by atoms with E-state index in [9.17, 15) is 9.18 Å². The van der Waals surface area contributed by atoms with Crippen LogP contribution in [0.4, 0.5) is 21.8 Å². The number of hydrogen-bond donors (Lipinski definition) is 2. The van der Waals surface area contributed by atoms with Gasteiger partial charge < -0.3 is 15.4 Å². The fraction of sp³-hybridized carbons (Fsp3) is 0.111. The molecule has 0 aliphatic carbocycles. The summed E-state index contributed by atoms with van der Waals surface area (Å²) in [6, 6.07) is 13.2. The molecule has 132 valence electrons. The first-order chi connectivity index (χ1) is 12.7. The molecule has 3 rings (SSSR count). The Morgan fingerprint density at radius 3 is 2.65 bits per heavy atom. The fourth-order valence-electron chi connectivity index (χ4n) is 2.21. The molecule has 0 saturated heterocycles. The largest absolute Gasteiger partial charge is 0.465 e. The van der Waals surface area contributed by atoms with Gasteiger partial charge in [-0.15, -0.1) is 5.10 Å². The highest BCUT2D eigenvalue weighted by molar-refractivity contribution is 5.89. The van der Waals surface area contributed by atoms with E-state index in [2.05, 4.69) is 30.6 Å². The second-order valence-corrected chi connectivity index (χ2v) is 5.30. The number of carbonyl (C=O) groups is 1. The number of esters is 1. The summed E-state index contributed by atoms with van der Waals surface area (Å²) in [5.74, 6) is 0.0335. The molecule has 2 aromatic carbocycles. The van der Waals surface area contributed by atoms with Crippen LogP contribution >= 0.6 is 0 Å². The van der Waals surface area contributed by atoms with Crippen LogP contribution in [0.3, 0.4) is 0 Å². The molecule has 0 unspecified atom stereocenters. The molecule has 0 atom stereocenters. The van der Waals surface area contributed by atoms with E-state index >= 15 is 0 Å². The monoisotopic (exact) mass is 353 g/mol. The zero-order valence-corrected chi connectivity index (χ0v) is 13.9. The average Bonchev–Trinajstić information content (AvgIpc) is 2.68. The van der Waals surface area contributed by atoms with Gasteiger partial charge in [0.2, 0.25) is 5.95 Å². The smallest absolute Gasteiger partial charge is 0.337 e. The maximum Gasteiger partial charge on any atom is 0.337 e. The summed E-state index contributed by atoms with van der Waals surface area (Å²) in [6.07, 6.45) is 1.45. The zero-order valence-electron chi connectivity index (χ0n) is 13.9. The number of methoxy groups -OCH3 is 1. The SMILES string of the molecule is COC(=O)c1ccc(Nc2nncc(NCc3ccccc3F)n2)cc1. The van der Waals surface area contributed by atoms with Gasteiger partial charge in [-0.1, -0.05) is 18.2 Å². The highest BCUT2D eigenvalue weighted by Gasteiger charge is 2.06. The minimum absolute atomic E-state index is 0.273. The number of hydrogen-bond acceptors (Lipinski definition) is 7. The van der Waals surface area contributed by atoms with Crippen molar-refractivity contribution in [1.82, 2.24) is 15.2 Å². The number of benzene rings is 2. The summed E-state index contributed by atoms with van der Waals surface area (Å²) < 4.78 is 18.3. The van der Waals surface area contributed by atoms with Gasteiger partial charge in [0.25, 0.3) is 0 Å². The molecular weight excluding hydrogens is 337 g/mol. The fourth-order valence-corrected chi connectivity index (χ4v) is 2.21. The summed E-state index contributed by atoms with van der Waals surface area (Å²) >= 11 is 0. The van der Waals surface area contributed by atoms with Crippen LogP contribution in [0.1, 0.15) is 15.9 Å². The standard InChI is InChI=1S/C18H16FN5O2/c1-26-17(25)12-6-8-14(9-7-12)22-18-23-16(11-21-24-18)20-10-13-4-2-3-5-15(13)19/h2-9,11H,10H2,1H3,(H2,20,22,23,24). The van der Waals surface area contributed by atoms with Crippen molar-refractivity contribution >= 4 is 23.4 Å². The molecule has 8 heteroatoms. The maximum atomic E-state index is 13.6. The van der Waals surface area contributed by atoms with Crippen molar-refractivity contribution in [2.24, 2.45) is 0 Å². The molecule has 0 fully saturated rings. The molecular formula is C18H16FN5O2. The van der Waals surface area contributed by atoms with Gasteiger partial charge >= 0.3 is 5.97 Å². The Morgan fingerprint density at radius 2 is 1.92 bits per heavy atom. The van der Waals surface area contributed by atoms with Gasteiger partial charge in [0.05, 0.1) is 18.9 Å². The quantitative estimate of drug-likeness (QED) is 0.658. The summed E-state index contributed by atoms with van der Waals surface area (Å²) in [4.78, 5) is 15.7. The normalized spacial score (nSPS) is 10.2. The molecule has 0 aliphatic rings. The van der Waals surface area contributed by atoms with E-state index in [1.165, 1.54) is 19.4 Å². The molecule has 0 aliphatic heterocycles. The van der Waals surface area contributed by atoms with Crippen LogP contribution in [0.2, 0.25) is 0 Å². The van der Waals surface area contributed by atoms with E-state index in [1.54, 1.807) is 42.5 Å². The van der Waals surface area contributed by atoms with Crippen molar-refractivity contribution in [2.75, 3.05) is 17.7 Å². The van der Waals surface area contributed by atoms with Crippen LogP contribution in [-0.4, -0.2) is 28.3 Å². The molecule has 1 heterocycles. The number of anilines is 3. The highest BCUT2D eigenvalue weighted by atomic mass is 19.1. The van der Waals surface area contributed by atoms with Gasteiger partial charge in [-0.3, -0.25) is 0 Å².